The number of nitrogens with one attached hydrogen (secondary N) is 2. The highest BCUT2D eigenvalue weighted by atomic mass is 16.1. The zero-order valence-corrected chi connectivity index (χ0v) is 11.6. The minimum absolute atomic E-state index is 0.182. The fourth-order valence-electron chi connectivity index (χ4n) is 2.05. The molecule has 0 aliphatic carbocycles. The fraction of sp³-hybridized carbons (Fsp3) is 0.0588. The van der Waals surface area contributed by atoms with Gasteiger partial charge in [0, 0.05) is 17.3 Å². The molecule has 0 unspecified atom stereocenters. The van der Waals surface area contributed by atoms with Crippen molar-refractivity contribution in [3.8, 4) is 11.3 Å². The van der Waals surface area contributed by atoms with E-state index in [2.05, 4.69) is 15.3 Å². The van der Waals surface area contributed by atoms with E-state index in [-0.39, 0.29) is 5.56 Å². The van der Waals surface area contributed by atoms with Crippen LogP contribution in [0.25, 0.3) is 11.3 Å². The molecule has 0 fully saturated rings. The first-order valence-corrected chi connectivity index (χ1v) is 6.71. The summed E-state index contributed by atoms with van der Waals surface area (Å²) in [6.07, 6.45) is 0. The standard InChI is InChI=1S/C17H15N3O/c1-12-7-9-14(10-8-12)18-17-19-15(11-16(21)20-17)13-5-3-2-4-6-13/h2-11H,1H3,(H2,18,19,20,21). The Morgan fingerprint density at radius 1 is 1.00 bits per heavy atom. The summed E-state index contributed by atoms with van der Waals surface area (Å²) in [7, 11) is 0. The first kappa shape index (κ1) is 13.1. The van der Waals surface area contributed by atoms with Gasteiger partial charge in [0.1, 0.15) is 0 Å². The average molecular weight is 277 g/mol. The van der Waals surface area contributed by atoms with Crippen molar-refractivity contribution in [2.24, 2.45) is 0 Å². The van der Waals surface area contributed by atoms with Gasteiger partial charge in [-0.15, -0.1) is 0 Å². The second-order valence-corrected chi connectivity index (χ2v) is 4.84. The summed E-state index contributed by atoms with van der Waals surface area (Å²) in [6.45, 7) is 2.03. The van der Waals surface area contributed by atoms with Gasteiger partial charge in [0.15, 0.2) is 0 Å². The van der Waals surface area contributed by atoms with Gasteiger partial charge in [0.2, 0.25) is 5.95 Å². The van der Waals surface area contributed by atoms with E-state index in [9.17, 15) is 4.79 Å². The predicted molar refractivity (Wildman–Crippen MR) is 84.8 cm³/mol. The first-order valence-electron chi connectivity index (χ1n) is 6.71. The van der Waals surface area contributed by atoms with Gasteiger partial charge in [-0.05, 0) is 19.1 Å². The van der Waals surface area contributed by atoms with Crippen LogP contribution in [0.5, 0.6) is 0 Å². The summed E-state index contributed by atoms with van der Waals surface area (Å²) in [5, 5.41) is 3.12. The summed E-state index contributed by atoms with van der Waals surface area (Å²) in [4.78, 5) is 19.0. The van der Waals surface area contributed by atoms with Crippen molar-refractivity contribution in [1.82, 2.24) is 9.97 Å². The van der Waals surface area contributed by atoms with Gasteiger partial charge >= 0.3 is 0 Å². The van der Waals surface area contributed by atoms with E-state index in [1.165, 1.54) is 11.6 Å². The van der Waals surface area contributed by atoms with E-state index in [0.29, 0.717) is 11.6 Å². The van der Waals surface area contributed by atoms with Gasteiger partial charge in [-0.3, -0.25) is 9.78 Å². The summed E-state index contributed by atoms with van der Waals surface area (Å²) in [6, 6.07) is 19.0. The van der Waals surface area contributed by atoms with Crippen molar-refractivity contribution in [3.63, 3.8) is 0 Å². The van der Waals surface area contributed by atoms with E-state index >= 15 is 0 Å². The molecule has 4 nitrogen and oxygen atoms in total. The lowest BCUT2D eigenvalue weighted by Gasteiger charge is -2.07. The van der Waals surface area contributed by atoms with Crippen LogP contribution in [0.1, 0.15) is 5.56 Å². The molecule has 104 valence electrons. The molecule has 3 rings (SSSR count). The van der Waals surface area contributed by atoms with Crippen molar-refractivity contribution in [1.29, 1.82) is 0 Å². The first-order chi connectivity index (χ1) is 10.2. The lowest BCUT2D eigenvalue weighted by Crippen LogP contribution is -2.10. The van der Waals surface area contributed by atoms with Crippen molar-refractivity contribution < 1.29 is 0 Å². The summed E-state index contributed by atoms with van der Waals surface area (Å²) >= 11 is 0. The van der Waals surface area contributed by atoms with Crippen LogP contribution in [-0.4, -0.2) is 9.97 Å². The van der Waals surface area contributed by atoms with Gasteiger partial charge in [-0.25, -0.2) is 4.98 Å². The highest BCUT2D eigenvalue weighted by Crippen LogP contribution is 2.18. The van der Waals surface area contributed by atoms with E-state index < -0.39 is 0 Å². The highest BCUT2D eigenvalue weighted by molar-refractivity contribution is 5.61. The number of rotatable bonds is 3. The third kappa shape index (κ3) is 3.17. The summed E-state index contributed by atoms with van der Waals surface area (Å²) in [5.74, 6) is 0.435. The number of nitrogens with zero attached hydrogens (tertiary/aromatic N) is 1. The molecule has 0 aliphatic rings. The molecule has 0 atom stereocenters. The Kier molecular flexibility index (Phi) is 3.51. The quantitative estimate of drug-likeness (QED) is 0.770. The number of aromatic amines is 1. The molecule has 2 aromatic carbocycles. The maximum absolute atomic E-state index is 11.8. The molecule has 1 heterocycles. The molecular formula is C17H15N3O. The largest absolute Gasteiger partial charge is 0.326 e. The minimum atomic E-state index is -0.182. The zero-order valence-electron chi connectivity index (χ0n) is 11.6. The molecule has 21 heavy (non-hydrogen) atoms. The van der Waals surface area contributed by atoms with Gasteiger partial charge < -0.3 is 5.32 Å². The molecule has 0 bridgehead atoms. The predicted octanol–water partition coefficient (Wildman–Crippen LogP) is 3.49. The summed E-state index contributed by atoms with van der Waals surface area (Å²) in [5.41, 5.74) is 3.44. The normalized spacial score (nSPS) is 10.3. The van der Waals surface area contributed by atoms with Gasteiger partial charge in [0.05, 0.1) is 5.69 Å². The van der Waals surface area contributed by atoms with Crippen LogP contribution in [0.4, 0.5) is 11.6 Å². The molecule has 4 heteroatoms. The monoisotopic (exact) mass is 277 g/mol. The Morgan fingerprint density at radius 2 is 1.71 bits per heavy atom. The third-order valence-electron chi connectivity index (χ3n) is 3.13. The molecule has 0 amide bonds. The molecule has 0 aliphatic heterocycles. The van der Waals surface area contributed by atoms with Gasteiger partial charge in [-0.2, -0.15) is 0 Å². The number of hydrogen-bond donors (Lipinski definition) is 2. The number of aromatic nitrogens is 2. The van der Waals surface area contributed by atoms with Crippen molar-refractivity contribution >= 4 is 11.6 Å². The Balaban J connectivity index is 1.95. The number of anilines is 2. The van der Waals surface area contributed by atoms with E-state index in [4.69, 9.17) is 0 Å². The maximum Gasteiger partial charge on any atom is 0.252 e. The Hall–Kier alpha value is -2.88. The SMILES string of the molecule is Cc1ccc(Nc2nc(-c3ccccc3)cc(=O)[nH]2)cc1. The minimum Gasteiger partial charge on any atom is -0.326 e. The molecule has 0 saturated carbocycles. The number of H-pyrrole nitrogens is 1. The van der Waals surface area contributed by atoms with Crippen LogP contribution in [-0.2, 0) is 0 Å². The van der Waals surface area contributed by atoms with Crippen molar-refractivity contribution in [2.75, 3.05) is 5.32 Å². The lowest BCUT2D eigenvalue weighted by molar-refractivity contribution is 1.12. The second-order valence-electron chi connectivity index (χ2n) is 4.84. The van der Waals surface area contributed by atoms with Crippen LogP contribution in [0.3, 0.4) is 0 Å². The molecule has 1 aromatic heterocycles. The molecule has 0 radical (unpaired) electrons. The van der Waals surface area contributed by atoms with Crippen LogP contribution >= 0.6 is 0 Å². The van der Waals surface area contributed by atoms with Crippen LogP contribution in [0.2, 0.25) is 0 Å². The highest BCUT2D eigenvalue weighted by Gasteiger charge is 2.04. The summed E-state index contributed by atoms with van der Waals surface area (Å²) < 4.78 is 0. The zero-order chi connectivity index (χ0) is 14.7. The van der Waals surface area contributed by atoms with E-state index in [1.807, 2.05) is 61.5 Å². The van der Waals surface area contributed by atoms with Gasteiger partial charge in [-0.1, -0.05) is 48.0 Å². The number of aryl methyl sites for hydroxylation is 1. The Morgan fingerprint density at radius 3 is 2.43 bits per heavy atom. The van der Waals surface area contributed by atoms with Crippen molar-refractivity contribution in [3.05, 3.63) is 76.6 Å². The Bertz CT molecular complexity index is 792. The molecular weight excluding hydrogens is 262 g/mol. The topological polar surface area (TPSA) is 57.8 Å². The number of benzene rings is 2. The smallest absolute Gasteiger partial charge is 0.252 e. The molecule has 2 N–H and O–H groups in total. The van der Waals surface area contributed by atoms with Crippen molar-refractivity contribution in [2.45, 2.75) is 6.92 Å². The average Bonchev–Trinajstić information content (AvgIpc) is 2.50. The molecule has 3 aromatic rings. The third-order valence-corrected chi connectivity index (χ3v) is 3.13. The fourth-order valence-corrected chi connectivity index (χ4v) is 2.05. The second kappa shape index (κ2) is 5.63. The lowest BCUT2D eigenvalue weighted by atomic mass is 10.1. The number of hydrogen-bond acceptors (Lipinski definition) is 3. The van der Waals surface area contributed by atoms with Crippen LogP contribution in [0, 0.1) is 6.92 Å². The van der Waals surface area contributed by atoms with E-state index in [0.717, 1.165) is 11.3 Å². The van der Waals surface area contributed by atoms with Gasteiger partial charge in [0.25, 0.3) is 5.56 Å². The molecule has 0 spiro atoms. The van der Waals surface area contributed by atoms with Crippen LogP contribution in [0.15, 0.2) is 65.5 Å². The Labute approximate surface area is 122 Å². The van der Waals surface area contributed by atoms with Crippen LogP contribution < -0.4 is 10.9 Å². The molecule has 0 saturated heterocycles. The van der Waals surface area contributed by atoms with E-state index in [1.54, 1.807) is 0 Å². The maximum atomic E-state index is 11.8.